The fourth-order valence-corrected chi connectivity index (χ4v) is 2.46. The van der Waals surface area contributed by atoms with Crippen LogP contribution in [0.2, 0.25) is 0 Å². The Balaban J connectivity index is 2.16. The summed E-state index contributed by atoms with van der Waals surface area (Å²) in [5.41, 5.74) is -0.209. The van der Waals surface area contributed by atoms with Gasteiger partial charge in [0.15, 0.2) is 10.9 Å². The van der Waals surface area contributed by atoms with E-state index in [1.54, 1.807) is 6.20 Å². The van der Waals surface area contributed by atoms with Gasteiger partial charge < -0.3 is 9.72 Å². The van der Waals surface area contributed by atoms with Gasteiger partial charge in [0.25, 0.3) is 5.91 Å². The first-order chi connectivity index (χ1) is 9.81. The van der Waals surface area contributed by atoms with E-state index in [1.807, 2.05) is 0 Å². The Kier molecular flexibility index (Phi) is 4.13. The number of nitrogens with one attached hydrogen (secondary N) is 2. The molecule has 0 spiro atoms. The van der Waals surface area contributed by atoms with Crippen molar-refractivity contribution in [3.63, 3.8) is 0 Å². The summed E-state index contributed by atoms with van der Waals surface area (Å²) in [5, 5.41) is 3.17. The number of pyridine rings is 1. The van der Waals surface area contributed by atoms with Gasteiger partial charge in [-0.25, -0.2) is 4.98 Å². The van der Waals surface area contributed by atoms with E-state index in [-0.39, 0.29) is 22.3 Å². The molecule has 2 N–H and O–H groups in total. The molecule has 0 radical (unpaired) electrons. The molecule has 0 unspecified atom stereocenters. The molecule has 2 rings (SSSR count). The summed E-state index contributed by atoms with van der Waals surface area (Å²) in [7, 11) is 1.40. The molecule has 0 saturated carbocycles. The smallest absolute Gasteiger partial charge is 0.273 e. The van der Waals surface area contributed by atoms with Gasteiger partial charge >= 0.3 is 0 Å². The van der Waals surface area contributed by atoms with E-state index < -0.39 is 5.91 Å². The standard InChI is InChI=1S/C14H17N3O3S/c1-14(2,3)11-7-16-13(21-11)17-12(19)8-5-9(18)10(20-4)6-15-8/h5-7H,1-4H3,(H,15,18)(H,16,17,19). The number of methoxy groups -OCH3 is 1. The normalized spacial score (nSPS) is 11.2. The van der Waals surface area contributed by atoms with E-state index in [2.05, 4.69) is 36.1 Å². The molecule has 0 atom stereocenters. The van der Waals surface area contributed by atoms with Crippen LogP contribution in [-0.2, 0) is 5.41 Å². The molecule has 0 fully saturated rings. The topological polar surface area (TPSA) is 84.1 Å². The zero-order valence-electron chi connectivity index (χ0n) is 12.3. The molecule has 112 valence electrons. The van der Waals surface area contributed by atoms with E-state index >= 15 is 0 Å². The predicted octanol–water partition coefficient (Wildman–Crippen LogP) is 2.39. The first kappa shape index (κ1) is 15.2. The Morgan fingerprint density at radius 2 is 2.14 bits per heavy atom. The number of nitrogens with zero attached hydrogens (tertiary/aromatic N) is 1. The molecule has 0 aliphatic heterocycles. The third kappa shape index (κ3) is 3.49. The average molecular weight is 307 g/mol. The van der Waals surface area contributed by atoms with Crippen LogP contribution in [0.1, 0.15) is 36.1 Å². The van der Waals surface area contributed by atoms with Gasteiger partial charge in [-0.15, -0.1) is 11.3 Å². The van der Waals surface area contributed by atoms with Crippen molar-refractivity contribution in [3.05, 3.63) is 39.3 Å². The van der Waals surface area contributed by atoms with Crippen molar-refractivity contribution in [2.45, 2.75) is 26.2 Å². The fourth-order valence-electron chi connectivity index (χ4n) is 1.59. The molecule has 0 aliphatic rings. The second kappa shape index (κ2) is 5.69. The van der Waals surface area contributed by atoms with Crippen molar-refractivity contribution < 1.29 is 9.53 Å². The molecule has 2 aromatic rings. The number of hydrogen-bond donors (Lipinski definition) is 2. The maximum atomic E-state index is 12.1. The van der Waals surface area contributed by atoms with Crippen molar-refractivity contribution in [2.75, 3.05) is 12.4 Å². The summed E-state index contributed by atoms with van der Waals surface area (Å²) < 4.78 is 4.85. The van der Waals surface area contributed by atoms with Crippen molar-refractivity contribution in [3.8, 4) is 5.75 Å². The summed E-state index contributed by atoms with van der Waals surface area (Å²) >= 11 is 1.41. The highest BCUT2D eigenvalue weighted by Gasteiger charge is 2.18. The number of aromatic amines is 1. The van der Waals surface area contributed by atoms with Crippen LogP contribution < -0.4 is 15.5 Å². The molecule has 21 heavy (non-hydrogen) atoms. The van der Waals surface area contributed by atoms with Crippen LogP contribution in [0.25, 0.3) is 0 Å². The van der Waals surface area contributed by atoms with Crippen LogP contribution >= 0.6 is 11.3 Å². The highest BCUT2D eigenvalue weighted by Crippen LogP contribution is 2.30. The second-order valence-electron chi connectivity index (χ2n) is 5.51. The highest BCUT2D eigenvalue weighted by molar-refractivity contribution is 7.15. The summed E-state index contributed by atoms with van der Waals surface area (Å²) in [6.45, 7) is 6.23. The summed E-state index contributed by atoms with van der Waals surface area (Å²) in [6.07, 6.45) is 3.11. The number of anilines is 1. The molecule has 0 bridgehead atoms. The largest absolute Gasteiger partial charge is 0.491 e. The van der Waals surface area contributed by atoms with Crippen LogP contribution in [0.5, 0.6) is 5.75 Å². The highest BCUT2D eigenvalue weighted by atomic mass is 32.1. The lowest BCUT2D eigenvalue weighted by Crippen LogP contribution is -2.17. The number of thiazole rings is 1. The molecule has 0 aliphatic carbocycles. The molecule has 7 heteroatoms. The number of carbonyl (C=O) groups is 1. The lowest BCUT2D eigenvalue weighted by Gasteiger charge is -2.14. The zero-order valence-corrected chi connectivity index (χ0v) is 13.1. The molecular weight excluding hydrogens is 290 g/mol. The number of H-pyrrole nitrogens is 1. The Hall–Kier alpha value is -2.15. The molecule has 6 nitrogen and oxygen atoms in total. The van der Waals surface area contributed by atoms with Gasteiger partial charge in [-0.3, -0.25) is 14.9 Å². The minimum Gasteiger partial charge on any atom is -0.491 e. The SMILES string of the molecule is COc1c[nH]c(C(=O)Nc2ncc(C(C)(C)C)s2)cc1=O. The fraction of sp³-hybridized carbons (Fsp3) is 0.357. The van der Waals surface area contributed by atoms with E-state index in [0.29, 0.717) is 5.13 Å². The molecule has 0 aromatic carbocycles. The maximum absolute atomic E-state index is 12.1. The number of aromatic nitrogens is 2. The predicted molar refractivity (Wildman–Crippen MR) is 82.4 cm³/mol. The maximum Gasteiger partial charge on any atom is 0.273 e. The Morgan fingerprint density at radius 3 is 2.67 bits per heavy atom. The third-order valence-electron chi connectivity index (χ3n) is 2.81. The van der Waals surface area contributed by atoms with Crippen LogP contribution in [0.4, 0.5) is 5.13 Å². The molecule has 2 heterocycles. The lowest BCUT2D eigenvalue weighted by atomic mass is 9.96. The molecule has 0 saturated heterocycles. The van der Waals surface area contributed by atoms with Crippen molar-refractivity contribution in [1.82, 2.24) is 9.97 Å². The third-order valence-corrected chi connectivity index (χ3v) is 4.15. The van der Waals surface area contributed by atoms with Gasteiger partial charge in [0.2, 0.25) is 5.43 Å². The van der Waals surface area contributed by atoms with Crippen LogP contribution in [-0.4, -0.2) is 23.0 Å². The first-order valence-corrected chi connectivity index (χ1v) is 7.17. The van der Waals surface area contributed by atoms with Gasteiger partial charge in [-0.1, -0.05) is 20.8 Å². The van der Waals surface area contributed by atoms with Gasteiger partial charge in [-0.05, 0) is 5.41 Å². The molecule has 2 aromatic heterocycles. The summed E-state index contributed by atoms with van der Waals surface area (Å²) in [5.74, 6) is -0.250. The van der Waals surface area contributed by atoms with E-state index in [0.717, 1.165) is 4.88 Å². The number of hydrogen-bond acceptors (Lipinski definition) is 5. The Morgan fingerprint density at radius 1 is 1.43 bits per heavy atom. The summed E-state index contributed by atoms with van der Waals surface area (Å²) in [4.78, 5) is 31.7. The van der Waals surface area contributed by atoms with Crippen molar-refractivity contribution >= 4 is 22.4 Å². The van der Waals surface area contributed by atoms with E-state index in [9.17, 15) is 9.59 Å². The van der Waals surface area contributed by atoms with E-state index in [4.69, 9.17) is 4.74 Å². The van der Waals surface area contributed by atoms with Crippen molar-refractivity contribution in [2.24, 2.45) is 0 Å². The second-order valence-corrected chi connectivity index (χ2v) is 6.54. The number of amides is 1. The zero-order chi connectivity index (χ0) is 15.6. The van der Waals surface area contributed by atoms with Gasteiger partial charge in [-0.2, -0.15) is 0 Å². The van der Waals surface area contributed by atoms with Gasteiger partial charge in [0.1, 0.15) is 5.69 Å². The summed E-state index contributed by atoms with van der Waals surface area (Å²) in [6, 6.07) is 1.20. The van der Waals surface area contributed by atoms with Crippen LogP contribution in [0.15, 0.2) is 23.3 Å². The molecular formula is C14H17N3O3S. The van der Waals surface area contributed by atoms with E-state index in [1.165, 1.54) is 30.7 Å². The van der Waals surface area contributed by atoms with Crippen LogP contribution in [0.3, 0.4) is 0 Å². The van der Waals surface area contributed by atoms with Gasteiger partial charge in [0, 0.05) is 23.3 Å². The Labute approximate surface area is 126 Å². The van der Waals surface area contributed by atoms with Crippen molar-refractivity contribution in [1.29, 1.82) is 0 Å². The number of ether oxygens (including phenoxy) is 1. The quantitative estimate of drug-likeness (QED) is 0.912. The minimum atomic E-state index is -0.412. The Bertz CT molecular complexity index is 713. The molecule has 1 amide bonds. The minimum absolute atomic E-state index is 0.0188. The first-order valence-electron chi connectivity index (χ1n) is 6.35. The number of carbonyl (C=O) groups excluding carboxylic acids is 1. The number of rotatable bonds is 3. The van der Waals surface area contributed by atoms with Crippen LogP contribution in [0, 0.1) is 0 Å². The lowest BCUT2D eigenvalue weighted by molar-refractivity contribution is 0.102. The average Bonchev–Trinajstić information content (AvgIpc) is 2.87. The van der Waals surface area contributed by atoms with Gasteiger partial charge in [0.05, 0.1) is 7.11 Å². The monoisotopic (exact) mass is 307 g/mol.